The van der Waals surface area contributed by atoms with Crippen LogP contribution in [0.25, 0.3) is 0 Å². The number of aliphatic carboxylic acids is 1. The maximum Gasteiger partial charge on any atom is 0.303 e. The molecule has 0 aromatic rings. The summed E-state index contributed by atoms with van der Waals surface area (Å²) in [5.74, 6) is -1.05. The lowest BCUT2D eigenvalue weighted by Crippen LogP contribution is -2.33. The van der Waals surface area contributed by atoms with Crippen LogP contribution >= 0.6 is 0 Å². The van der Waals surface area contributed by atoms with E-state index in [4.69, 9.17) is 10.2 Å². The van der Waals surface area contributed by atoms with E-state index in [0.29, 0.717) is 13.0 Å². The Bertz CT molecular complexity index is 227. The predicted octanol–water partition coefficient (Wildman–Crippen LogP) is 0.248. The van der Waals surface area contributed by atoms with Crippen LogP contribution in [0.5, 0.6) is 0 Å². The van der Waals surface area contributed by atoms with Crippen molar-refractivity contribution in [2.75, 3.05) is 19.7 Å². The largest absolute Gasteiger partial charge is 0.481 e. The van der Waals surface area contributed by atoms with Crippen molar-refractivity contribution in [1.29, 1.82) is 0 Å². The van der Waals surface area contributed by atoms with Gasteiger partial charge in [-0.25, -0.2) is 0 Å². The maximum absolute atomic E-state index is 11.5. The molecule has 5 heteroatoms. The molecule has 15 heavy (non-hydrogen) atoms. The summed E-state index contributed by atoms with van der Waals surface area (Å²) < 4.78 is 0. The van der Waals surface area contributed by atoms with Crippen molar-refractivity contribution < 1.29 is 19.8 Å². The van der Waals surface area contributed by atoms with E-state index in [1.807, 2.05) is 0 Å². The highest BCUT2D eigenvalue weighted by Gasteiger charge is 2.11. The molecule has 2 N–H and O–H groups in total. The molecule has 5 nitrogen and oxygen atoms in total. The van der Waals surface area contributed by atoms with Gasteiger partial charge in [-0.05, 0) is 6.42 Å². The quantitative estimate of drug-likeness (QED) is 0.569. The average Bonchev–Trinajstić information content (AvgIpc) is 2.16. The van der Waals surface area contributed by atoms with E-state index < -0.39 is 5.97 Å². The predicted molar refractivity (Wildman–Crippen MR) is 55.3 cm³/mol. The molecule has 0 unspecified atom stereocenters. The van der Waals surface area contributed by atoms with Gasteiger partial charge in [0.2, 0.25) is 5.91 Å². The lowest BCUT2D eigenvalue weighted by atomic mass is 10.2. The van der Waals surface area contributed by atoms with Gasteiger partial charge >= 0.3 is 5.97 Å². The fraction of sp³-hybridized carbons (Fsp3) is 0.600. The number of amides is 1. The number of rotatable bonds is 8. The van der Waals surface area contributed by atoms with Crippen molar-refractivity contribution in [3.05, 3.63) is 12.7 Å². The Kier molecular flexibility index (Phi) is 7.27. The molecular formula is C10H17NO4. The molecule has 0 aliphatic carbocycles. The first-order chi connectivity index (χ1) is 7.11. The lowest BCUT2D eigenvalue weighted by molar-refractivity contribution is -0.137. The maximum atomic E-state index is 11.5. The number of aliphatic hydroxyl groups excluding tert-OH is 1. The zero-order valence-electron chi connectivity index (χ0n) is 8.69. The highest BCUT2D eigenvalue weighted by atomic mass is 16.4. The second kappa shape index (κ2) is 7.99. The molecule has 0 radical (unpaired) electrons. The minimum Gasteiger partial charge on any atom is -0.481 e. The summed E-state index contributed by atoms with van der Waals surface area (Å²) in [6, 6.07) is 0. The molecule has 0 saturated carbocycles. The molecule has 1 amide bonds. The average molecular weight is 215 g/mol. The lowest BCUT2D eigenvalue weighted by Gasteiger charge is -2.19. The van der Waals surface area contributed by atoms with Crippen LogP contribution in [0.2, 0.25) is 0 Å². The minimum absolute atomic E-state index is 0.00715. The Morgan fingerprint density at radius 1 is 1.33 bits per heavy atom. The van der Waals surface area contributed by atoms with Crippen molar-refractivity contribution >= 4 is 11.9 Å². The Labute approximate surface area is 89.0 Å². The van der Waals surface area contributed by atoms with Crippen LogP contribution in [0.4, 0.5) is 0 Å². The van der Waals surface area contributed by atoms with Crippen molar-refractivity contribution in [2.24, 2.45) is 0 Å². The first kappa shape index (κ1) is 13.6. The third kappa shape index (κ3) is 6.68. The van der Waals surface area contributed by atoms with Crippen LogP contribution in [0.15, 0.2) is 12.7 Å². The van der Waals surface area contributed by atoms with Gasteiger partial charge in [-0.3, -0.25) is 9.59 Å². The Hall–Kier alpha value is -1.36. The normalized spacial score (nSPS) is 9.67. The van der Waals surface area contributed by atoms with Gasteiger partial charge in [0.15, 0.2) is 0 Å². The fourth-order valence-corrected chi connectivity index (χ4v) is 1.14. The van der Waals surface area contributed by atoms with E-state index >= 15 is 0 Å². The number of hydrogen-bond acceptors (Lipinski definition) is 3. The molecule has 0 rings (SSSR count). The zero-order valence-corrected chi connectivity index (χ0v) is 8.69. The molecule has 0 aromatic heterocycles. The van der Waals surface area contributed by atoms with Gasteiger partial charge in [0, 0.05) is 25.9 Å². The third-order valence-electron chi connectivity index (χ3n) is 1.85. The number of carbonyl (C=O) groups is 2. The molecule has 0 fully saturated rings. The van der Waals surface area contributed by atoms with E-state index in [2.05, 4.69) is 6.58 Å². The zero-order chi connectivity index (χ0) is 11.7. The van der Waals surface area contributed by atoms with Crippen LogP contribution < -0.4 is 0 Å². The van der Waals surface area contributed by atoms with E-state index in [1.54, 1.807) is 6.08 Å². The molecular weight excluding hydrogens is 198 g/mol. The molecule has 0 aliphatic heterocycles. The van der Waals surface area contributed by atoms with Crippen LogP contribution in [-0.2, 0) is 9.59 Å². The monoisotopic (exact) mass is 215 g/mol. The number of carbonyl (C=O) groups excluding carboxylic acids is 1. The molecule has 0 aromatic carbocycles. The van der Waals surface area contributed by atoms with Crippen LogP contribution in [0.1, 0.15) is 19.3 Å². The molecule has 0 saturated heterocycles. The first-order valence-electron chi connectivity index (χ1n) is 4.83. The first-order valence-corrected chi connectivity index (χ1v) is 4.83. The van der Waals surface area contributed by atoms with Crippen molar-refractivity contribution in [2.45, 2.75) is 19.3 Å². The van der Waals surface area contributed by atoms with Gasteiger partial charge in [-0.2, -0.15) is 0 Å². The molecule has 0 aliphatic rings. The SMILES string of the molecule is C=CCN(CCO)C(=O)CCCC(=O)O. The van der Waals surface area contributed by atoms with Crippen LogP contribution in [0.3, 0.4) is 0 Å². The second-order valence-corrected chi connectivity index (χ2v) is 3.10. The summed E-state index contributed by atoms with van der Waals surface area (Å²) in [5.41, 5.74) is 0. The fourth-order valence-electron chi connectivity index (χ4n) is 1.14. The van der Waals surface area contributed by atoms with Gasteiger partial charge in [0.25, 0.3) is 0 Å². The van der Waals surface area contributed by atoms with Crippen molar-refractivity contribution in [1.82, 2.24) is 4.90 Å². The van der Waals surface area contributed by atoms with Gasteiger partial charge in [0.1, 0.15) is 0 Å². The van der Waals surface area contributed by atoms with Crippen molar-refractivity contribution in [3.63, 3.8) is 0 Å². The Balaban J connectivity index is 3.90. The van der Waals surface area contributed by atoms with E-state index in [-0.39, 0.29) is 31.9 Å². The summed E-state index contributed by atoms with van der Waals surface area (Å²) >= 11 is 0. The molecule has 0 spiro atoms. The molecule has 86 valence electrons. The molecule has 0 bridgehead atoms. The molecule has 0 heterocycles. The van der Waals surface area contributed by atoms with E-state index in [1.165, 1.54) is 4.90 Å². The topological polar surface area (TPSA) is 77.8 Å². The van der Waals surface area contributed by atoms with Gasteiger partial charge < -0.3 is 15.1 Å². The van der Waals surface area contributed by atoms with Crippen LogP contribution in [0, 0.1) is 0 Å². The van der Waals surface area contributed by atoms with Gasteiger partial charge in [-0.1, -0.05) is 6.08 Å². The van der Waals surface area contributed by atoms with Crippen molar-refractivity contribution in [3.8, 4) is 0 Å². The number of carboxylic acids is 1. The minimum atomic E-state index is -0.903. The number of hydrogen-bond donors (Lipinski definition) is 2. The number of carboxylic acid groups (broad SMARTS) is 1. The number of nitrogens with zero attached hydrogens (tertiary/aromatic N) is 1. The summed E-state index contributed by atoms with van der Waals surface area (Å²) in [6.07, 6.45) is 2.09. The number of aliphatic hydroxyl groups is 1. The summed E-state index contributed by atoms with van der Waals surface area (Å²) in [4.78, 5) is 23.2. The smallest absolute Gasteiger partial charge is 0.303 e. The Morgan fingerprint density at radius 3 is 2.47 bits per heavy atom. The standard InChI is InChI=1S/C10H17NO4/c1-2-6-11(7-8-12)9(13)4-3-5-10(14)15/h2,12H,1,3-8H2,(H,14,15). The summed E-state index contributed by atoms with van der Waals surface area (Å²) in [7, 11) is 0. The van der Waals surface area contributed by atoms with Gasteiger partial charge in [-0.15, -0.1) is 6.58 Å². The van der Waals surface area contributed by atoms with Crippen LogP contribution in [-0.4, -0.2) is 46.7 Å². The van der Waals surface area contributed by atoms with E-state index in [9.17, 15) is 9.59 Å². The highest BCUT2D eigenvalue weighted by Crippen LogP contribution is 2.01. The summed E-state index contributed by atoms with van der Waals surface area (Å²) in [5, 5.41) is 17.1. The van der Waals surface area contributed by atoms with E-state index in [0.717, 1.165) is 0 Å². The van der Waals surface area contributed by atoms with Gasteiger partial charge in [0.05, 0.1) is 6.61 Å². The second-order valence-electron chi connectivity index (χ2n) is 3.10. The highest BCUT2D eigenvalue weighted by molar-refractivity contribution is 5.77. The Morgan fingerprint density at radius 2 is 2.00 bits per heavy atom. The summed E-state index contributed by atoms with van der Waals surface area (Å²) in [6.45, 7) is 4.05. The third-order valence-corrected chi connectivity index (χ3v) is 1.85. The molecule has 0 atom stereocenters.